The van der Waals surface area contributed by atoms with Crippen LogP contribution in [0.5, 0.6) is 0 Å². The molecule has 4 aliphatic rings. The standard InChI is InChI=1S/C50H74O26/c1-11-21(7)42(60)65-19-28-30(53)32(55)40(74-47-35(58)34(57)37(26(17-51)67-47)71-44(62)23(9)13-3)49(69-28)76-50-41(33(56)31(54)29(70-50)20-66-43(61)22(8)12-2)75-48-36(59)39(73-45(63)24(10)14-4)38(27(18-52)68-48)72-46(64)25(15-5)16-6/h11-15,26-41,47-59H,16-20H2,1-10H3. The second-order valence-corrected chi connectivity index (χ2v) is 18.2. The fourth-order valence-corrected chi connectivity index (χ4v) is 7.89. The quantitative estimate of drug-likeness (QED) is 0.0349. The predicted molar refractivity (Wildman–Crippen MR) is 255 cm³/mol. The normalized spacial score (nSPS) is 37.0. The fourth-order valence-electron chi connectivity index (χ4n) is 7.89. The van der Waals surface area contributed by atoms with Crippen molar-refractivity contribution in [3.8, 4) is 0 Å². The molecule has 9 N–H and O–H groups in total. The SMILES string of the molecule is CC=C(C)C(=O)OCC1OC(OC2OC(COC(=O)C(C)=CC)C(O)C(O)C2OC2OC(CO)C(OC(=O)C(=CC)CC)C(OC(=O)C(C)=CC)C2O)C(OC2OC(CO)C(OC(=O)C(C)=CC)C(O)C2O)C(O)C1O. The van der Waals surface area contributed by atoms with E-state index < -0.39 is 179 Å². The molecule has 4 rings (SSSR count). The maximum Gasteiger partial charge on any atom is 0.334 e. The first-order valence-electron chi connectivity index (χ1n) is 24.7. The first-order valence-corrected chi connectivity index (χ1v) is 24.7. The monoisotopic (exact) mass is 1090 g/mol. The molecule has 430 valence electrons. The third-order valence-corrected chi connectivity index (χ3v) is 13.3. The fraction of sp³-hybridized carbons (Fsp3) is 0.700. The highest BCUT2D eigenvalue weighted by Crippen LogP contribution is 2.37. The summed E-state index contributed by atoms with van der Waals surface area (Å²) < 4.78 is 69.4. The molecule has 26 nitrogen and oxygen atoms in total. The van der Waals surface area contributed by atoms with E-state index >= 15 is 0 Å². The van der Waals surface area contributed by atoms with Crippen molar-refractivity contribution in [1.82, 2.24) is 0 Å². The van der Waals surface area contributed by atoms with Gasteiger partial charge in [0.15, 0.2) is 43.5 Å². The summed E-state index contributed by atoms with van der Waals surface area (Å²) in [5.74, 6) is -4.56. The Labute approximate surface area is 438 Å². The Hall–Kier alpha value is -4.59. The van der Waals surface area contributed by atoms with Crippen molar-refractivity contribution in [2.45, 2.75) is 198 Å². The molecule has 0 aliphatic carbocycles. The predicted octanol–water partition coefficient (Wildman–Crippen LogP) is -1.77. The first kappa shape index (κ1) is 63.9. The van der Waals surface area contributed by atoms with Crippen molar-refractivity contribution in [1.29, 1.82) is 0 Å². The molecule has 0 spiro atoms. The van der Waals surface area contributed by atoms with Crippen LogP contribution in [0.4, 0.5) is 0 Å². The van der Waals surface area contributed by atoms with Gasteiger partial charge in [-0.1, -0.05) is 37.3 Å². The lowest BCUT2D eigenvalue weighted by Crippen LogP contribution is -2.68. The van der Waals surface area contributed by atoms with Crippen LogP contribution in [0.25, 0.3) is 0 Å². The van der Waals surface area contributed by atoms with Gasteiger partial charge in [-0.05, 0) is 68.7 Å². The highest BCUT2D eigenvalue weighted by atomic mass is 16.8. The van der Waals surface area contributed by atoms with Crippen LogP contribution in [0.3, 0.4) is 0 Å². The van der Waals surface area contributed by atoms with Crippen molar-refractivity contribution in [3.63, 3.8) is 0 Å². The lowest BCUT2D eigenvalue weighted by Gasteiger charge is -2.49. The Morgan fingerprint density at radius 2 is 0.750 bits per heavy atom. The van der Waals surface area contributed by atoms with Crippen LogP contribution < -0.4 is 0 Å². The average Bonchev–Trinajstić information content (AvgIpc) is 3.41. The minimum Gasteiger partial charge on any atom is -0.459 e. The van der Waals surface area contributed by atoms with E-state index in [2.05, 4.69) is 0 Å². The highest BCUT2D eigenvalue weighted by molar-refractivity contribution is 5.90. The molecular weight excluding hydrogens is 1020 g/mol. The number of allylic oxidation sites excluding steroid dienone is 5. The minimum absolute atomic E-state index is 0.0467. The van der Waals surface area contributed by atoms with Crippen molar-refractivity contribution >= 4 is 29.8 Å². The average molecular weight is 1090 g/mol. The van der Waals surface area contributed by atoms with Gasteiger partial charge in [-0.25, -0.2) is 24.0 Å². The van der Waals surface area contributed by atoms with Gasteiger partial charge in [0, 0.05) is 27.9 Å². The summed E-state index contributed by atoms with van der Waals surface area (Å²) in [6, 6.07) is 0. The van der Waals surface area contributed by atoms with E-state index in [1.54, 1.807) is 27.7 Å². The molecule has 0 saturated carbocycles. The summed E-state index contributed by atoms with van der Waals surface area (Å²) in [6.45, 7) is 11.6. The smallest absolute Gasteiger partial charge is 0.334 e. The number of carbonyl (C=O) groups excluding carboxylic acids is 5. The maximum atomic E-state index is 13.3. The molecule has 20 atom stereocenters. The molecule has 0 amide bonds. The molecule has 0 aromatic heterocycles. The van der Waals surface area contributed by atoms with Crippen LogP contribution in [0.2, 0.25) is 0 Å². The molecule has 4 fully saturated rings. The van der Waals surface area contributed by atoms with Crippen LogP contribution in [0.1, 0.15) is 75.7 Å². The number of hydrogen-bond donors (Lipinski definition) is 9. The number of rotatable bonds is 21. The Morgan fingerprint density at radius 3 is 1.14 bits per heavy atom. The van der Waals surface area contributed by atoms with Gasteiger partial charge in [0.05, 0.1) is 13.2 Å². The third-order valence-electron chi connectivity index (χ3n) is 13.3. The van der Waals surface area contributed by atoms with Crippen molar-refractivity contribution in [2.24, 2.45) is 0 Å². The summed E-state index contributed by atoms with van der Waals surface area (Å²) in [5.41, 5.74) is 0.606. The molecule has 0 radical (unpaired) electrons. The molecule has 0 aromatic rings. The van der Waals surface area contributed by atoms with Gasteiger partial charge in [0.1, 0.15) is 92.6 Å². The third kappa shape index (κ3) is 15.4. The van der Waals surface area contributed by atoms with E-state index in [1.807, 2.05) is 0 Å². The summed E-state index contributed by atoms with van der Waals surface area (Å²) in [4.78, 5) is 64.7. The molecule has 76 heavy (non-hydrogen) atoms. The Bertz CT molecular complexity index is 2140. The van der Waals surface area contributed by atoms with Crippen LogP contribution in [0.15, 0.2) is 58.2 Å². The zero-order chi connectivity index (χ0) is 56.9. The molecule has 4 heterocycles. The van der Waals surface area contributed by atoms with Crippen LogP contribution in [-0.2, 0) is 80.8 Å². The second-order valence-electron chi connectivity index (χ2n) is 18.2. The Kier molecular flexibility index (Phi) is 24.7. The molecule has 0 bridgehead atoms. The maximum absolute atomic E-state index is 13.3. The lowest BCUT2D eigenvalue weighted by molar-refractivity contribution is -0.414. The molecular formula is C50H74O26. The summed E-state index contributed by atoms with van der Waals surface area (Å²) in [6.07, 6.45) is -32.0. The van der Waals surface area contributed by atoms with Gasteiger partial charge >= 0.3 is 29.8 Å². The molecule has 0 aromatic carbocycles. The van der Waals surface area contributed by atoms with E-state index in [-0.39, 0.29) is 34.3 Å². The Balaban J connectivity index is 1.82. The van der Waals surface area contributed by atoms with Crippen LogP contribution in [0, 0.1) is 0 Å². The molecule has 4 aliphatic heterocycles. The molecule has 20 unspecified atom stereocenters. The second kappa shape index (κ2) is 29.4. The minimum atomic E-state index is -2.20. The summed E-state index contributed by atoms with van der Waals surface area (Å²) >= 11 is 0. The number of carbonyl (C=O) groups is 5. The Morgan fingerprint density at radius 1 is 0.395 bits per heavy atom. The van der Waals surface area contributed by atoms with E-state index in [4.69, 9.17) is 56.8 Å². The van der Waals surface area contributed by atoms with E-state index in [9.17, 15) is 69.9 Å². The van der Waals surface area contributed by atoms with Crippen LogP contribution >= 0.6 is 0 Å². The van der Waals surface area contributed by atoms with Gasteiger partial charge in [0.2, 0.25) is 0 Å². The molecule has 26 heteroatoms. The van der Waals surface area contributed by atoms with Crippen molar-refractivity contribution in [3.05, 3.63) is 58.2 Å². The topological polar surface area (TPSA) is 378 Å². The lowest BCUT2D eigenvalue weighted by atomic mass is 9.96. The molecule has 4 saturated heterocycles. The number of hydrogen-bond acceptors (Lipinski definition) is 26. The number of esters is 5. The zero-order valence-corrected chi connectivity index (χ0v) is 43.9. The van der Waals surface area contributed by atoms with Crippen LogP contribution in [-0.4, -0.2) is 225 Å². The van der Waals surface area contributed by atoms with Crippen molar-refractivity contribution in [2.75, 3.05) is 26.4 Å². The van der Waals surface area contributed by atoms with E-state index in [1.165, 1.54) is 71.9 Å². The number of aliphatic hydroxyl groups excluding tert-OH is 9. The summed E-state index contributed by atoms with van der Waals surface area (Å²) in [5, 5.41) is 102. The first-order chi connectivity index (χ1) is 36.0. The van der Waals surface area contributed by atoms with Crippen molar-refractivity contribution < 1.29 is 127 Å². The van der Waals surface area contributed by atoms with Gasteiger partial charge in [-0.2, -0.15) is 0 Å². The number of aliphatic hydroxyl groups is 9. The van der Waals surface area contributed by atoms with E-state index in [0.29, 0.717) is 0 Å². The number of ether oxygens (including phenoxy) is 12. The highest BCUT2D eigenvalue weighted by Gasteiger charge is 2.57. The van der Waals surface area contributed by atoms with Gasteiger partial charge < -0.3 is 103 Å². The zero-order valence-electron chi connectivity index (χ0n) is 43.9. The van der Waals surface area contributed by atoms with Gasteiger partial charge in [-0.15, -0.1) is 0 Å². The van der Waals surface area contributed by atoms with E-state index in [0.717, 1.165) is 0 Å². The van der Waals surface area contributed by atoms with Gasteiger partial charge in [-0.3, -0.25) is 0 Å². The largest absolute Gasteiger partial charge is 0.459 e. The van der Waals surface area contributed by atoms with Gasteiger partial charge in [0.25, 0.3) is 0 Å². The summed E-state index contributed by atoms with van der Waals surface area (Å²) in [7, 11) is 0.